The Bertz CT molecular complexity index is 1110. The van der Waals surface area contributed by atoms with Gasteiger partial charge in [-0.25, -0.2) is 10.1 Å². The number of anilines is 1. The summed E-state index contributed by atoms with van der Waals surface area (Å²) in [5.41, 5.74) is 4.89. The Morgan fingerprint density at radius 2 is 1.67 bits per heavy atom. The molecule has 0 saturated carbocycles. The van der Waals surface area contributed by atoms with Crippen molar-refractivity contribution >= 4 is 23.9 Å². The molecule has 3 aromatic carbocycles. The van der Waals surface area contributed by atoms with Crippen LogP contribution >= 0.6 is 11.8 Å². The minimum Gasteiger partial charge on any atom is -0.457 e. The number of ether oxygens (including phenoxy) is 1. The van der Waals surface area contributed by atoms with Crippen LogP contribution in [0.3, 0.4) is 0 Å². The monoisotopic (exact) mass is 416 g/mol. The molecule has 4 rings (SSSR count). The second-order valence-corrected chi connectivity index (χ2v) is 7.25. The zero-order valence-electron chi connectivity index (χ0n) is 16.1. The van der Waals surface area contributed by atoms with Crippen LogP contribution in [-0.2, 0) is 5.75 Å². The SMILES string of the molecule is Nn1c(N/N=C/c2cccc(Oc3ccccc3)c2)nnc1SCc1ccccc1. The largest absolute Gasteiger partial charge is 0.457 e. The average molecular weight is 417 g/mol. The van der Waals surface area contributed by atoms with Gasteiger partial charge in [0.1, 0.15) is 11.5 Å². The second-order valence-electron chi connectivity index (χ2n) is 6.31. The molecular weight excluding hydrogens is 396 g/mol. The number of hydrazone groups is 1. The number of para-hydroxylation sites is 1. The van der Waals surface area contributed by atoms with Crippen molar-refractivity contribution < 1.29 is 4.74 Å². The van der Waals surface area contributed by atoms with Crippen LogP contribution in [0.1, 0.15) is 11.1 Å². The van der Waals surface area contributed by atoms with Crippen LogP contribution in [0.5, 0.6) is 11.5 Å². The third-order valence-electron chi connectivity index (χ3n) is 4.09. The molecule has 0 aliphatic heterocycles. The molecule has 7 nitrogen and oxygen atoms in total. The Balaban J connectivity index is 1.35. The minimum atomic E-state index is 0.360. The lowest BCUT2D eigenvalue weighted by atomic mass is 10.2. The van der Waals surface area contributed by atoms with Crippen LogP contribution in [0.4, 0.5) is 5.95 Å². The van der Waals surface area contributed by atoms with Crippen LogP contribution in [0.2, 0.25) is 0 Å². The van der Waals surface area contributed by atoms with E-state index in [2.05, 4.69) is 32.9 Å². The fourth-order valence-electron chi connectivity index (χ4n) is 2.62. The number of nitrogens with two attached hydrogens (primary N) is 1. The molecule has 0 atom stereocenters. The van der Waals surface area contributed by atoms with E-state index in [4.69, 9.17) is 10.6 Å². The third-order valence-corrected chi connectivity index (χ3v) is 5.10. The van der Waals surface area contributed by atoms with E-state index in [9.17, 15) is 0 Å². The normalized spacial score (nSPS) is 10.9. The van der Waals surface area contributed by atoms with Gasteiger partial charge in [-0.3, -0.25) is 0 Å². The molecule has 0 unspecified atom stereocenters. The number of nitrogen functional groups attached to an aromatic ring is 1. The number of rotatable bonds is 8. The van der Waals surface area contributed by atoms with Gasteiger partial charge in [-0.05, 0) is 35.4 Å². The summed E-state index contributed by atoms with van der Waals surface area (Å²) in [6, 6.07) is 27.4. The molecule has 0 bridgehead atoms. The van der Waals surface area contributed by atoms with E-state index in [-0.39, 0.29) is 0 Å². The summed E-state index contributed by atoms with van der Waals surface area (Å²) in [4.78, 5) is 0. The van der Waals surface area contributed by atoms with Gasteiger partial charge in [0.05, 0.1) is 6.21 Å². The van der Waals surface area contributed by atoms with Crippen molar-refractivity contribution in [3.63, 3.8) is 0 Å². The van der Waals surface area contributed by atoms with Crippen molar-refractivity contribution in [1.82, 2.24) is 14.9 Å². The zero-order chi connectivity index (χ0) is 20.6. The van der Waals surface area contributed by atoms with Crippen molar-refractivity contribution in [2.24, 2.45) is 5.10 Å². The average Bonchev–Trinajstić information content (AvgIpc) is 3.13. The molecule has 4 aromatic rings. The summed E-state index contributed by atoms with van der Waals surface area (Å²) in [5, 5.41) is 13.0. The Hall–Kier alpha value is -3.78. The van der Waals surface area contributed by atoms with Gasteiger partial charge in [0.25, 0.3) is 5.95 Å². The Morgan fingerprint density at radius 1 is 0.933 bits per heavy atom. The Labute approximate surface area is 178 Å². The highest BCUT2D eigenvalue weighted by Gasteiger charge is 2.09. The molecule has 0 saturated heterocycles. The molecule has 30 heavy (non-hydrogen) atoms. The predicted octanol–water partition coefficient (Wildman–Crippen LogP) is 4.52. The van der Waals surface area contributed by atoms with Gasteiger partial charge in [-0.1, -0.05) is 72.4 Å². The topological polar surface area (TPSA) is 90.3 Å². The highest BCUT2D eigenvalue weighted by atomic mass is 32.2. The van der Waals surface area contributed by atoms with E-state index in [0.717, 1.165) is 22.8 Å². The molecular formula is C22H20N6OS. The van der Waals surface area contributed by atoms with E-state index in [0.29, 0.717) is 11.1 Å². The van der Waals surface area contributed by atoms with Crippen molar-refractivity contribution in [2.45, 2.75) is 10.9 Å². The number of nitrogens with one attached hydrogen (secondary N) is 1. The standard InChI is InChI=1S/C22H20N6OS/c23-28-21(26-27-22(28)30-16-17-8-3-1-4-9-17)25-24-15-18-10-7-13-20(14-18)29-19-11-5-2-6-12-19/h1-15H,16,23H2,(H,25,26)/b24-15+. The maximum Gasteiger partial charge on any atom is 0.264 e. The fourth-order valence-corrected chi connectivity index (χ4v) is 3.43. The Morgan fingerprint density at radius 3 is 2.47 bits per heavy atom. The highest BCUT2D eigenvalue weighted by Crippen LogP contribution is 2.22. The van der Waals surface area contributed by atoms with Crippen LogP contribution in [-0.4, -0.2) is 21.1 Å². The van der Waals surface area contributed by atoms with Gasteiger partial charge >= 0.3 is 0 Å². The fraction of sp³-hybridized carbons (Fsp3) is 0.0455. The number of aromatic nitrogens is 3. The van der Waals surface area contributed by atoms with Gasteiger partial charge in [-0.2, -0.15) is 5.10 Å². The van der Waals surface area contributed by atoms with Gasteiger partial charge in [0.2, 0.25) is 5.16 Å². The number of hydrogen-bond donors (Lipinski definition) is 2. The minimum absolute atomic E-state index is 0.360. The molecule has 8 heteroatoms. The number of hydrogen-bond acceptors (Lipinski definition) is 7. The van der Waals surface area contributed by atoms with Gasteiger partial charge in [0.15, 0.2) is 0 Å². The summed E-state index contributed by atoms with van der Waals surface area (Å²) in [6.45, 7) is 0. The summed E-state index contributed by atoms with van der Waals surface area (Å²) in [6.07, 6.45) is 1.67. The van der Waals surface area contributed by atoms with Gasteiger partial charge in [0, 0.05) is 5.75 Å². The smallest absolute Gasteiger partial charge is 0.264 e. The molecule has 0 amide bonds. The van der Waals surface area contributed by atoms with E-state index in [1.54, 1.807) is 6.21 Å². The Kier molecular flexibility index (Phi) is 6.26. The maximum atomic E-state index is 6.07. The first-order chi connectivity index (χ1) is 14.8. The lowest BCUT2D eigenvalue weighted by molar-refractivity contribution is 0.482. The first kappa shape index (κ1) is 19.5. The quantitative estimate of drug-likeness (QED) is 0.190. The summed E-state index contributed by atoms with van der Waals surface area (Å²) < 4.78 is 7.23. The van der Waals surface area contributed by atoms with E-state index in [1.165, 1.54) is 22.0 Å². The molecule has 150 valence electrons. The van der Waals surface area contributed by atoms with Crippen molar-refractivity contribution in [3.8, 4) is 11.5 Å². The van der Waals surface area contributed by atoms with E-state index in [1.807, 2.05) is 72.8 Å². The predicted molar refractivity (Wildman–Crippen MR) is 120 cm³/mol. The van der Waals surface area contributed by atoms with Crippen molar-refractivity contribution in [3.05, 3.63) is 96.1 Å². The molecule has 0 fully saturated rings. The summed E-state index contributed by atoms with van der Waals surface area (Å²) in [5.74, 6) is 8.70. The number of nitrogens with zero attached hydrogens (tertiary/aromatic N) is 4. The first-order valence-corrected chi connectivity index (χ1v) is 10.3. The first-order valence-electron chi connectivity index (χ1n) is 9.27. The van der Waals surface area contributed by atoms with Gasteiger partial charge < -0.3 is 10.6 Å². The highest BCUT2D eigenvalue weighted by molar-refractivity contribution is 7.98. The summed E-state index contributed by atoms with van der Waals surface area (Å²) >= 11 is 1.51. The lowest BCUT2D eigenvalue weighted by Gasteiger charge is -2.06. The van der Waals surface area contributed by atoms with Crippen molar-refractivity contribution in [1.29, 1.82) is 0 Å². The van der Waals surface area contributed by atoms with E-state index >= 15 is 0 Å². The van der Waals surface area contributed by atoms with Crippen LogP contribution in [0.15, 0.2) is 95.2 Å². The number of thioether (sulfide) groups is 1. The zero-order valence-corrected chi connectivity index (χ0v) is 16.9. The molecule has 0 aliphatic rings. The molecule has 0 spiro atoms. The molecule has 1 aromatic heterocycles. The van der Waals surface area contributed by atoms with Crippen LogP contribution in [0.25, 0.3) is 0 Å². The summed E-state index contributed by atoms with van der Waals surface area (Å²) in [7, 11) is 0. The molecule has 3 N–H and O–H groups in total. The third kappa shape index (κ3) is 5.18. The van der Waals surface area contributed by atoms with Crippen LogP contribution < -0.4 is 16.0 Å². The molecule has 0 radical (unpaired) electrons. The second kappa shape index (κ2) is 9.62. The lowest BCUT2D eigenvalue weighted by Crippen LogP contribution is -2.13. The van der Waals surface area contributed by atoms with Crippen molar-refractivity contribution in [2.75, 3.05) is 11.3 Å². The number of benzene rings is 3. The van der Waals surface area contributed by atoms with Crippen LogP contribution in [0, 0.1) is 0 Å². The van der Waals surface area contributed by atoms with Gasteiger partial charge in [-0.15, -0.1) is 10.2 Å². The molecule has 1 heterocycles. The molecule has 0 aliphatic carbocycles. The maximum absolute atomic E-state index is 6.07. The van der Waals surface area contributed by atoms with E-state index < -0.39 is 0 Å².